The fourth-order valence-electron chi connectivity index (χ4n) is 2.44. The lowest BCUT2D eigenvalue weighted by molar-refractivity contribution is -0.137. The third-order valence-corrected chi connectivity index (χ3v) is 4.32. The standard InChI is InChI=1S/C18H15ClF3N5O2/c1-10(17(28)23-13-6-7-15(29-2)14(19)9-13)27-25-16(24-26-27)11-4-3-5-12(8-11)18(20,21)22/h3-10H,1-2H3,(H,23,28). The quantitative estimate of drug-likeness (QED) is 0.661. The zero-order valence-corrected chi connectivity index (χ0v) is 16.0. The molecule has 152 valence electrons. The van der Waals surface area contributed by atoms with Gasteiger partial charge in [-0.3, -0.25) is 4.79 Å². The van der Waals surface area contributed by atoms with E-state index in [1.165, 1.54) is 32.2 Å². The molecule has 1 heterocycles. The first kappa shape index (κ1) is 20.6. The number of anilines is 1. The van der Waals surface area contributed by atoms with E-state index in [2.05, 4.69) is 20.7 Å². The van der Waals surface area contributed by atoms with Crippen LogP contribution in [0.1, 0.15) is 18.5 Å². The van der Waals surface area contributed by atoms with E-state index >= 15 is 0 Å². The highest BCUT2D eigenvalue weighted by Crippen LogP contribution is 2.31. The smallest absolute Gasteiger partial charge is 0.416 e. The molecule has 0 aliphatic heterocycles. The van der Waals surface area contributed by atoms with Crippen LogP contribution in [0.5, 0.6) is 5.75 Å². The lowest BCUT2D eigenvalue weighted by Crippen LogP contribution is -2.25. The summed E-state index contributed by atoms with van der Waals surface area (Å²) in [5.74, 6) is -0.0242. The van der Waals surface area contributed by atoms with Crippen molar-refractivity contribution in [2.75, 3.05) is 12.4 Å². The number of aromatic nitrogens is 4. The maximum absolute atomic E-state index is 12.9. The zero-order chi connectivity index (χ0) is 21.2. The molecule has 0 saturated heterocycles. The summed E-state index contributed by atoms with van der Waals surface area (Å²) < 4.78 is 43.7. The largest absolute Gasteiger partial charge is 0.495 e. The number of ether oxygens (including phenoxy) is 1. The molecule has 0 fully saturated rings. The van der Waals surface area contributed by atoms with Crippen LogP contribution in [0.4, 0.5) is 18.9 Å². The van der Waals surface area contributed by atoms with Crippen molar-refractivity contribution in [1.82, 2.24) is 20.2 Å². The van der Waals surface area contributed by atoms with Crippen LogP contribution in [0.3, 0.4) is 0 Å². The average molecular weight is 426 g/mol. The van der Waals surface area contributed by atoms with Gasteiger partial charge in [0.15, 0.2) is 0 Å². The number of rotatable bonds is 5. The van der Waals surface area contributed by atoms with E-state index in [4.69, 9.17) is 16.3 Å². The second-order valence-corrected chi connectivity index (χ2v) is 6.43. The van der Waals surface area contributed by atoms with Crippen LogP contribution in [-0.2, 0) is 11.0 Å². The predicted molar refractivity (Wildman–Crippen MR) is 99.6 cm³/mol. The third-order valence-electron chi connectivity index (χ3n) is 4.02. The number of tetrazole rings is 1. The normalized spacial score (nSPS) is 12.5. The summed E-state index contributed by atoms with van der Waals surface area (Å²) >= 11 is 6.03. The van der Waals surface area contributed by atoms with Crippen LogP contribution in [0.2, 0.25) is 5.02 Å². The average Bonchev–Trinajstić information content (AvgIpc) is 3.17. The van der Waals surface area contributed by atoms with Crippen molar-refractivity contribution in [2.45, 2.75) is 19.1 Å². The Balaban J connectivity index is 1.76. The molecule has 0 saturated carbocycles. The van der Waals surface area contributed by atoms with Gasteiger partial charge >= 0.3 is 6.18 Å². The number of carbonyl (C=O) groups is 1. The summed E-state index contributed by atoms with van der Waals surface area (Å²) in [7, 11) is 1.47. The Kier molecular flexibility index (Phi) is 5.73. The highest BCUT2D eigenvalue weighted by molar-refractivity contribution is 6.32. The van der Waals surface area contributed by atoms with Gasteiger partial charge in [0.1, 0.15) is 11.8 Å². The van der Waals surface area contributed by atoms with Crippen LogP contribution in [0.15, 0.2) is 42.5 Å². The summed E-state index contributed by atoms with van der Waals surface area (Å²) in [6.07, 6.45) is -4.49. The number of nitrogens with one attached hydrogen (secondary N) is 1. The van der Waals surface area contributed by atoms with Gasteiger partial charge in [0.05, 0.1) is 17.7 Å². The van der Waals surface area contributed by atoms with Crippen LogP contribution < -0.4 is 10.1 Å². The SMILES string of the molecule is COc1ccc(NC(=O)C(C)n2nnc(-c3cccc(C(F)(F)F)c3)n2)cc1Cl. The molecule has 1 N–H and O–H groups in total. The first-order valence-electron chi connectivity index (χ1n) is 8.30. The molecule has 1 aromatic heterocycles. The van der Waals surface area contributed by atoms with Crippen LogP contribution >= 0.6 is 11.6 Å². The lowest BCUT2D eigenvalue weighted by atomic mass is 10.1. The maximum Gasteiger partial charge on any atom is 0.416 e. The number of benzene rings is 2. The van der Waals surface area contributed by atoms with E-state index in [1.54, 1.807) is 12.1 Å². The number of halogens is 4. The molecule has 11 heteroatoms. The van der Waals surface area contributed by atoms with Gasteiger partial charge in [0, 0.05) is 11.3 Å². The first-order valence-corrected chi connectivity index (χ1v) is 8.68. The maximum atomic E-state index is 12.9. The molecular formula is C18H15ClF3N5O2. The highest BCUT2D eigenvalue weighted by atomic mass is 35.5. The van der Waals surface area contributed by atoms with E-state index in [-0.39, 0.29) is 11.4 Å². The fourth-order valence-corrected chi connectivity index (χ4v) is 2.69. The Morgan fingerprint density at radius 2 is 2.00 bits per heavy atom. The van der Waals surface area contributed by atoms with Crippen LogP contribution in [0.25, 0.3) is 11.4 Å². The lowest BCUT2D eigenvalue weighted by Gasteiger charge is -2.12. The van der Waals surface area contributed by atoms with E-state index < -0.39 is 23.7 Å². The molecule has 0 aliphatic rings. The van der Waals surface area contributed by atoms with Gasteiger partial charge in [-0.2, -0.15) is 18.0 Å². The molecule has 0 aliphatic carbocycles. The number of amides is 1. The molecule has 29 heavy (non-hydrogen) atoms. The Morgan fingerprint density at radius 1 is 1.24 bits per heavy atom. The van der Waals surface area contributed by atoms with Crippen molar-refractivity contribution >= 4 is 23.2 Å². The number of methoxy groups -OCH3 is 1. The first-order chi connectivity index (χ1) is 13.7. The van der Waals surface area contributed by atoms with Gasteiger partial charge in [-0.25, -0.2) is 0 Å². The number of hydrogen-bond donors (Lipinski definition) is 1. The molecule has 1 unspecified atom stereocenters. The van der Waals surface area contributed by atoms with Crippen molar-refractivity contribution in [3.8, 4) is 17.1 Å². The van der Waals surface area contributed by atoms with Gasteiger partial charge in [-0.05, 0) is 42.5 Å². The van der Waals surface area contributed by atoms with Gasteiger partial charge in [0.2, 0.25) is 5.82 Å². The minimum Gasteiger partial charge on any atom is -0.495 e. The summed E-state index contributed by atoms with van der Waals surface area (Å²) in [6.45, 7) is 1.53. The molecule has 1 amide bonds. The van der Waals surface area contributed by atoms with Crippen LogP contribution in [0, 0.1) is 0 Å². The number of carbonyl (C=O) groups excluding carboxylic acids is 1. The Hall–Kier alpha value is -3.14. The molecule has 1 atom stereocenters. The number of nitrogens with zero attached hydrogens (tertiary/aromatic N) is 4. The predicted octanol–water partition coefficient (Wildman–Crippen LogP) is 4.22. The topological polar surface area (TPSA) is 81.9 Å². The molecule has 0 spiro atoms. The van der Waals surface area contributed by atoms with Gasteiger partial charge in [-0.15, -0.1) is 10.2 Å². The Labute approximate surface area is 168 Å². The second kappa shape index (κ2) is 8.08. The van der Waals surface area contributed by atoms with Gasteiger partial charge in [0.25, 0.3) is 5.91 Å². The highest BCUT2D eigenvalue weighted by Gasteiger charge is 2.31. The van der Waals surface area contributed by atoms with Crippen molar-refractivity contribution in [3.05, 3.63) is 53.1 Å². The summed E-state index contributed by atoms with van der Waals surface area (Å²) in [4.78, 5) is 13.5. The van der Waals surface area contributed by atoms with Crippen molar-refractivity contribution in [1.29, 1.82) is 0 Å². The summed E-state index contributed by atoms with van der Waals surface area (Å²) in [5, 5.41) is 14.5. The number of alkyl halides is 3. The van der Waals surface area contributed by atoms with Crippen LogP contribution in [-0.4, -0.2) is 33.2 Å². The van der Waals surface area contributed by atoms with Gasteiger partial charge in [-0.1, -0.05) is 23.7 Å². The Bertz CT molecular complexity index is 1040. The van der Waals surface area contributed by atoms with E-state index in [0.717, 1.165) is 16.9 Å². The number of hydrogen-bond acceptors (Lipinski definition) is 5. The second-order valence-electron chi connectivity index (χ2n) is 6.03. The van der Waals surface area contributed by atoms with Crippen molar-refractivity contribution in [3.63, 3.8) is 0 Å². The van der Waals surface area contributed by atoms with E-state index in [0.29, 0.717) is 16.5 Å². The third kappa shape index (κ3) is 4.65. The van der Waals surface area contributed by atoms with Crippen molar-refractivity contribution < 1.29 is 22.7 Å². The molecule has 0 bridgehead atoms. The fraction of sp³-hybridized carbons (Fsp3) is 0.222. The zero-order valence-electron chi connectivity index (χ0n) is 15.2. The minimum atomic E-state index is -4.49. The molecule has 0 radical (unpaired) electrons. The Morgan fingerprint density at radius 3 is 2.66 bits per heavy atom. The molecular weight excluding hydrogens is 411 g/mol. The summed E-state index contributed by atoms with van der Waals surface area (Å²) in [5.41, 5.74) is -0.250. The molecule has 3 aromatic rings. The van der Waals surface area contributed by atoms with E-state index in [9.17, 15) is 18.0 Å². The van der Waals surface area contributed by atoms with E-state index in [1.807, 2.05) is 0 Å². The minimum absolute atomic E-state index is 0.0248. The molecule has 7 nitrogen and oxygen atoms in total. The van der Waals surface area contributed by atoms with Crippen molar-refractivity contribution in [2.24, 2.45) is 0 Å². The monoisotopic (exact) mass is 425 g/mol. The summed E-state index contributed by atoms with van der Waals surface area (Å²) in [6, 6.07) is 8.41. The van der Waals surface area contributed by atoms with Gasteiger partial charge < -0.3 is 10.1 Å². The molecule has 3 rings (SSSR count). The molecule has 2 aromatic carbocycles.